The standard InChI is InChI=1S/C12H18BrNO2/c1-9(15)10-4-6-14(7-5-10)8-11-2-3-12(13)16-11/h2-3,9-10,15H,4-8H2,1H3. The molecule has 1 saturated heterocycles. The zero-order valence-corrected chi connectivity index (χ0v) is 11.1. The van der Waals surface area contributed by atoms with Crippen molar-refractivity contribution >= 4 is 15.9 Å². The van der Waals surface area contributed by atoms with Crippen molar-refractivity contribution in [2.45, 2.75) is 32.4 Å². The topological polar surface area (TPSA) is 36.6 Å². The van der Waals surface area contributed by atoms with Gasteiger partial charge < -0.3 is 9.52 Å². The Morgan fingerprint density at radius 2 is 2.19 bits per heavy atom. The molecule has 1 N–H and O–H groups in total. The fourth-order valence-electron chi connectivity index (χ4n) is 2.25. The molecule has 16 heavy (non-hydrogen) atoms. The average Bonchev–Trinajstić information content (AvgIpc) is 2.65. The average molecular weight is 288 g/mol. The first-order valence-corrected chi connectivity index (χ1v) is 6.59. The van der Waals surface area contributed by atoms with Crippen LogP contribution in [-0.4, -0.2) is 29.2 Å². The second-order valence-corrected chi connectivity index (χ2v) is 5.34. The number of furan rings is 1. The predicted octanol–water partition coefficient (Wildman–Crippen LogP) is 2.63. The Hall–Kier alpha value is -0.320. The van der Waals surface area contributed by atoms with Crippen molar-refractivity contribution < 1.29 is 9.52 Å². The smallest absolute Gasteiger partial charge is 0.169 e. The number of piperidine rings is 1. The maximum atomic E-state index is 9.51. The highest BCUT2D eigenvalue weighted by Gasteiger charge is 2.22. The van der Waals surface area contributed by atoms with E-state index in [1.807, 2.05) is 19.1 Å². The van der Waals surface area contributed by atoms with Gasteiger partial charge in [-0.25, -0.2) is 0 Å². The molecule has 4 heteroatoms. The van der Waals surface area contributed by atoms with E-state index in [0.29, 0.717) is 5.92 Å². The summed E-state index contributed by atoms with van der Waals surface area (Å²) in [6, 6.07) is 3.93. The lowest BCUT2D eigenvalue weighted by atomic mass is 9.92. The van der Waals surface area contributed by atoms with Crippen LogP contribution in [0.15, 0.2) is 21.2 Å². The third kappa shape index (κ3) is 3.09. The van der Waals surface area contributed by atoms with Crippen LogP contribution in [0.25, 0.3) is 0 Å². The second-order valence-electron chi connectivity index (χ2n) is 4.56. The fourth-order valence-corrected chi connectivity index (χ4v) is 2.59. The fraction of sp³-hybridized carbons (Fsp3) is 0.667. The molecule has 1 aliphatic heterocycles. The molecule has 0 saturated carbocycles. The largest absolute Gasteiger partial charge is 0.453 e. The van der Waals surface area contributed by atoms with Crippen LogP contribution in [0.4, 0.5) is 0 Å². The third-order valence-corrected chi connectivity index (χ3v) is 3.75. The second kappa shape index (κ2) is 5.34. The molecule has 2 heterocycles. The van der Waals surface area contributed by atoms with Crippen LogP contribution in [0.3, 0.4) is 0 Å². The van der Waals surface area contributed by atoms with Gasteiger partial charge in [0.2, 0.25) is 0 Å². The van der Waals surface area contributed by atoms with Gasteiger partial charge in [0.15, 0.2) is 4.67 Å². The molecule has 1 unspecified atom stereocenters. The van der Waals surface area contributed by atoms with Crippen LogP contribution >= 0.6 is 15.9 Å². The number of halogens is 1. The first-order chi connectivity index (χ1) is 7.65. The number of hydrogen-bond acceptors (Lipinski definition) is 3. The van der Waals surface area contributed by atoms with Gasteiger partial charge in [0.05, 0.1) is 12.6 Å². The van der Waals surface area contributed by atoms with Crippen molar-refractivity contribution in [3.05, 3.63) is 22.6 Å². The zero-order chi connectivity index (χ0) is 11.5. The maximum Gasteiger partial charge on any atom is 0.169 e. The van der Waals surface area contributed by atoms with Crippen LogP contribution in [0.5, 0.6) is 0 Å². The number of likely N-dealkylation sites (tertiary alicyclic amines) is 1. The summed E-state index contributed by atoms with van der Waals surface area (Å²) in [4.78, 5) is 2.38. The van der Waals surface area contributed by atoms with E-state index in [4.69, 9.17) is 4.42 Å². The van der Waals surface area contributed by atoms with Gasteiger partial charge in [0.1, 0.15) is 5.76 Å². The predicted molar refractivity (Wildman–Crippen MR) is 66.1 cm³/mol. The van der Waals surface area contributed by atoms with Gasteiger partial charge in [0, 0.05) is 0 Å². The molecule has 1 aliphatic rings. The molecule has 0 aromatic carbocycles. The Labute approximate surface area is 105 Å². The molecule has 1 atom stereocenters. The quantitative estimate of drug-likeness (QED) is 0.929. The van der Waals surface area contributed by atoms with E-state index in [9.17, 15) is 5.11 Å². The summed E-state index contributed by atoms with van der Waals surface area (Å²) < 4.78 is 6.28. The zero-order valence-electron chi connectivity index (χ0n) is 9.53. The van der Waals surface area contributed by atoms with Gasteiger partial charge in [-0.1, -0.05) is 0 Å². The van der Waals surface area contributed by atoms with Crippen LogP contribution in [0, 0.1) is 5.92 Å². The number of aliphatic hydroxyl groups is 1. The van der Waals surface area contributed by atoms with Crippen molar-refractivity contribution in [3.63, 3.8) is 0 Å². The lowest BCUT2D eigenvalue weighted by Crippen LogP contribution is -2.36. The molecule has 2 rings (SSSR count). The monoisotopic (exact) mass is 287 g/mol. The summed E-state index contributed by atoms with van der Waals surface area (Å²) in [7, 11) is 0. The molecular formula is C12H18BrNO2. The first kappa shape index (κ1) is 12.1. The van der Waals surface area contributed by atoms with E-state index in [1.165, 1.54) is 0 Å². The minimum absolute atomic E-state index is 0.167. The molecule has 0 amide bonds. The lowest BCUT2D eigenvalue weighted by molar-refractivity contribution is 0.0672. The van der Waals surface area contributed by atoms with E-state index in [2.05, 4.69) is 20.8 Å². The van der Waals surface area contributed by atoms with E-state index in [1.54, 1.807) is 0 Å². The molecule has 0 spiro atoms. The van der Waals surface area contributed by atoms with Crippen LogP contribution < -0.4 is 0 Å². The molecule has 0 aliphatic carbocycles. The van der Waals surface area contributed by atoms with E-state index >= 15 is 0 Å². The summed E-state index contributed by atoms with van der Waals surface area (Å²) in [5, 5.41) is 9.51. The molecule has 0 radical (unpaired) electrons. The number of rotatable bonds is 3. The third-order valence-electron chi connectivity index (χ3n) is 3.32. The Morgan fingerprint density at radius 3 is 2.69 bits per heavy atom. The maximum absolute atomic E-state index is 9.51. The normalized spacial score (nSPS) is 21.2. The number of nitrogens with zero attached hydrogens (tertiary/aromatic N) is 1. The van der Waals surface area contributed by atoms with Crippen LogP contribution in [-0.2, 0) is 6.54 Å². The summed E-state index contributed by atoms with van der Waals surface area (Å²) in [6.45, 7) is 4.86. The van der Waals surface area contributed by atoms with Crippen molar-refractivity contribution in [1.82, 2.24) is 4.90 Å². The van der Waals surface area contributed by atoms with Gasteiger partial charge in [0.25, 0.3) is 0 Å². The lowest BCUT2D eigenvalue weighted by Gasteiger charge is -2.32. The Morgan fingerprint density at radius 1 is 1.50 bits per heavy atom. The van der Waals surface area contributed by atoms with Crippen molar-refractivity contribution in [2.24, 2.45) is 5.92 Å². The summed E-state index contributed by atoms with van der Waals surface area (Å²) in [5.41, 5.74) is 0. The van der Waals surface area contributed by atoms with Crippen molar-refractivity contribution in [3.8, 4) is 0 Å². The first-order valence-electron chi connectivity index (χ1n) is 5.80. The highest BCUT2D eigenvalue weighted by atomic mass is 79.9. The molecular weight excluding hydrogens is 270 g/mol. The summed E-state index contributed by atoms with van der Waals surface area (Å²) >= 11 is 3.31. The molecule has 1 fully saturated rings. The van der Waals surface area contributed by atoms with Crippen molar-refractivity contribution in [2.75, 3.05) is 13.1 Å². The number of aliphatic hydroxyl groups excluding tert-OH is 1. The van der Waals surface area contributed by atoms with Gasteiger partial charge in [-0.15, -0.1) is 0 Å². The SMILES string of the molecule is CC(O)C1CCN(Cc2ccc(Br)o2)CC1. The van der Waals surface area contributed by atoms with Gasteiger partial charge in [-0.2, -0.15) is 0 Å². The molecule has 3 nitrogen and oxygen atoms in total. The van der Waals surface area contributed by atoms with E-state index in [-0.39, 0.29) is 6.10 Å². The highest BCUT2D eigenvalue weighted by molar-refractivity contribution is 9.10. The number of hydrogen-bond donors (Lipinski definition) is 1. The minimum atomic E-state index is -0.167. The summed E-state index contributed by atoms with van der Waals surface area (Å²) in [6.07, 6.45) is 2.00. The van der Waals surface area contributed by atoms with Gasteiger partial charge in [-0.3, -0.25) is 4.90 Å². The van der Waals surface area contributed by atoms with Gasteiger partial charge in [-0.05, 0) is 66.8 Å². The molecule has 1 aromatic heterocycles. The van der Waals surface area contributed by atoms with Crippen LogP contribution in [0.2, 0.25) is 0 Å². The molecule has 0 bridgehead atoms. The summed E-state index contributed by atoms with van der Waals surface area (Å²) in [5.74, 6) is 1.47. The molecule has 90 valence electrons. The highest BCUT2D eigenvalue weighted by Crippen LogP contribution is 2.23. The van der Waals surface area contributed by atoms with Crippen molar-refractivity contribution in [1.29, 1.82) is 0 Å². The Bertz CT molecular complexity index is 330. The van der Waals surface area contributed by atoms with Gasteiger partial charge >= 0.3 is 0 Å². The minimum Gasteiger partial charge on any atom is -0.453 e. The van der Waals surface area contributed by atoms with E-state index in [0.717, 1.165) is 42.9 Å². The van der Waals surface area contributed by atoms with E-state index < -0.39 is 0 Å². The Balaban J connectivity index is 1.81. The molecule has 1 aromatic rings. The van der Waals surface area contributed by atoms with Crippen LogP contribution in [0.1, 0.15) is 25.5 Å². The Kier molecular flexibility index (Phi) is 4.05.